The monoisotopic (exact) mass is 274 g/mol. The van der Waals surface area contributed by atoms with Gasteiger partial charge in [0.05, 0.1) is 10.7 Å². The first-order valence-corrected chi connectivity index (χ1v) is 5.70. The normalized spacial score (nSPS) is 11.9. The first-order chi connectivity index (χ1) is 7.90. The summed E-state index contributed by atoms with van der Waals surface area (Å²) in [5, 5.41) is 3.42. The Labute approximate surface area is 109 Å². The number of carbonyl (C=O) groups excluding carboxylic acids is 2. The molecule has 1 aromatic carbocycles. The molecular weight excluding hydrogens is 263 g/mol. The fourth-order valence-electron chi connectivity index (χ4n) is 1.17. The average Bonchev–Trinajstić information content (AvgIpc) is 2.23. The molecule has 0 saturated heterocycles. The van der Waals surface area contributed by atoms with Crippen molar-refractivity contribution in [3.05, 3.63) is 28.2 Å². The van der Waals surface area contributed by atoms with Crippen molar-refractivity contribution in [1.82, 2.24) is 0 Å². The van der Waals surface area contributed by atoms with E-state index in [9.17, 15) is 9.59 Å². The van der Waals surface area contributed by atoms with E-state index in [0.717, 1.165) is 0 Å². The van der Waals surface area contributed by atoms with Gasteiger partial charge in [-0.1, -0.05) is 30.1 Å². The van der Waals surface area contributed by atoms with Crippen molar-refractivity contribution >= 4 is 40.7 Å². The van der Waals surface area contributed by atoms with Crippen LogP contribution < -0.4 is 11.1 Å². The molecule has 0 aliphatic rings. The van der Waals surface area contributed by atoms with Gasteiger partial charge in [-0.05, 0) is 18.2 Å². The number of rotatable bonds is 4. The SMILES string of the molecule is CC(CC(=O)Nc1cc(Cl)ccc1Cl)C(N)=O. The van der Waals surface area contributed by atoms with Crippen molar-refractivity contribution in [2.24, 2.45) is 11.7 Å². The van der Waals surface area contributed by atoms with Crippen LogP contribution in [0.4, 0.5) is 5.69 Å². The van der Waals surface area contributed by atoms with Crippen LogP contribution in [0, 0.1) is 5.92 Å². The van der Waals surface area contributed by atoms with E-state index >= 15 is 0 Å². The number of nitrogens with two attached hydrogens (primary N) is 1. The zero-order valence-corrected chi connectivity index (χ0v) is 10.7. The lowest BCUT2D eigenvalue weighted by atomic mass is 10.1. The molecule has 1 aromatic rings. The quantitative estimate of drug-likeness (QED) is 0.885. The minimum absolute atomic E-state index is 0.0121. The Balaban J connectivity index is 2.68. The molecule has 17 heavy (non-hydrogen) atoms. The summed E-state index contributed by atoms with van der Waals surface area (Å²) in [4.78, 5) is 22.4. The summed E-state index contributed by atoms with van der Waals surface area (Å²) in [5.41, 5.74) is 5.48. The lowest BCUT2D eigenvalue weighted by molar-refractivity contribution is -0.125. The molecule has 0 aromatic heterocycles. The summed E-state index contributed by atoms with van der Waals surface area (Å²) in [7, 11) is 0. The Morgan fingerprint density at radius 1 is 1.41 bits per heavy atom. The molecule has 0 bridgehead atoms. The van der Waals surface area contributed by atoms with Crippen LogP contribution in [-0.2, 0) is 9.59 Å². The van der Waals surface area contributed by atoms with Gasteiger partial charge < -0.3 is 11.1 Å². The molecule has 4 nitrogen and oxygen atoms in total. The maximum absolute atomic E-state index is 11.6. The summed E-state index contributed by atoms with van der Waals surface area (Å²) in [6.07, 6.45) is 0.0121. The summed E-state index contributed by atoms with van der Waals surface area (Å²) >= 11 is 11.6. The third-order valence-corrected chi connectivity index (χ3v) is 2.74. The first kappa shape index (κ1) is 13.8. The third kappa shape index (κ3) is 4.24. The van der Waals surface area contributed by atoms with Gasteiger partial charge in [-0.15, -0.1) is 0 Å². The molecule has 6 heteroatoms. The Bertz CT molecular complexity index is 449. The number of anilines is 1. The predicted molar refractivity (Wildman–Crippen MR) is 68.1 cm³/mol. The van der Waals surface area contributed by atoms with Gasteiger partial charge in [-0.3, -0.25) is 9.59 Å². The molecule has 1 rings (SSSR count). The highest BCUT2D eigenvalue weighted by molar-refractivity contribution is 6.35. The van der Waals surface area contributed by atoms with Gasteiger partial charge in [-0.2, -0.15) is 0 Å². The van der Waals surface area contributed by atoms with Crippen LogP contribution in [0.5, 0.6) is 0 Å². The number of benzene rings is 1. The molecule has 0 fully saturated rings. The zero-order valence-electron chi connectivity index (χ0n) is 9.17. The number of hydrogen-bond acceptors (Lipinski definition) is 2. The lowest BCUT2D eigenvalue weighted by Gasteiger charge is -2.09. The lowest BCUT2D eigenvalue weighted by Crippen LogP contribution is -2.25. The van der Waals surface area contributed by atoms with Crippen LogP contribution in [0.2, 0.25) is 10.0 Å². The Morgan fingerprint density at radius 2 is 2.06 bits per heavy atom. The van der Waals surface area contributed by atoms with E-state index in [2.05, 4.69) is 5.32 Å². The van der Waals surface area contributed by atoms with Crippen LogP contribution >= 0.6 is 23.2 Å². The van der Waals surface area contributed by atoms with E-state index in [1.807, 2.05) is 0 Å². The smallest absolute Gasteiger partial charge is 0.225 e. The summed E-state index contributed by atoms with van der Waals surface area (Å²) in [6.45, 7) is 1.58. The molecule has 92 valence electrons. The van der Waals surface area contributed by atoms with Gasteiger partial charge in [0.25, 0.3) is 0 Å². The highest BCUT2D eigenvalue weighted by atomic mass is 35.5. The van der Waals surface area contributed by atoms with Gasteiger partial charge in [0.15, 0.2) is 0 Å². The van der Waals surface area contributed by atoms with Gasteiger partial charge in [-0.25, -0.2) is 0 Å². The Kier molecular flexibility index (Phi) is 4.78. The topological polar surface area (TPSA) is 72.2 Å². The molecular formula is C11H12Cl2N2O2. The highest BCUT2D eigenvalue weighted by Gasteiger charge is 2.14. The molecule has 0 saturated carbocycles. The molecule has 1 unspecified atom stereocenters. The minimum atomic E-state index is -0.520. The largest absolute Gasteiger partial charge is 0.369 e. The van der Waals surface area contributed by atoms with Crippen LogP contribution in [-0.4, -0.2) is 11.8 Å². The van der Waals surface area contributed by atoms with E-state index in [1.165, 1.54) is 6.07 Å². The van der Waals surface area contributed by atoms with Crippen LogP contribution in [0.25, 0.3) is 0 Å². The Morgan fingerprint density at radius 3 is 2.65 bits per heavy atom. The molecule has 2 amide bonds. The number of primary amides is 1. The van der Waals surface area contributed by atoms with Crippen molar-refractivity contribution in [3.63, 3.8) is 0 Å². The molecule has 0 spiro atoms. The number of carbonyl (C=O) groups is 2. The van der Waals surface area contributed by atoms with Crippen molar-refractivity contribution < 1.29 is 9.59 Å². The second-order valence-electron chi connectivity index (χ2n) is 3.68. The van der Waals surface area contributed by atoms with E-state index in [1.54, 1.807) is 19.1 Å². The molecule has 0 heterocycles. The zero-order chi connectivity index (χ0) is 13.0. The fourth-order valence-corrected chi connectivity index (χ4v) is 1.51. The van der Waals surface area contributed by atoms with Gasteiger partial charge >= 0.3 is 0 Å². The van der Waals surface area contributed by atoms with Crippen LogP contribution in [0.1, 0.15) is 13.3 Å². The fraction of sp³-hybridized carbons (Fsp3) is 0.273. The summed E-state index contributed by atoms with van der Waals surface area (Å²) in [5.74, 6) is -1.37. The maximum Gasteiger partial charge on any atom is 0.225 e. The molecule has 0 aliphatic carbocycles. The standard InChI is InChI=1S/C11H12Cl2N2O2/c1-6(11(14)17)4-10(16)15-9-5-7(12)2-3-8(9)13/h2-3,5-6H,4H2,1H3,(H2,14,17)(H,15,16). The van der Waals surface area contributed by atoms with Crippen molar-refractivity contribution in [2.45, 2.75) is 13.3 Å². The van der Waals surface area contributed by atoms with Crippen LogP contribution in [0.15, 0.2) is 18.2 Å². The summed E-state index contributed by atoms with van der Waals surface area (Å²) < 4.78 is 0. The predicted octanol–water partition coefficient (Wildman–Crippen LogP) is 2.44. The van der Waals surface area contributed by atoms with Crippen LogP contribution in [0.3, 0.4) is 0 Å². The highest BCUT2D eigenvalue weighted by Crippen LogP contribution is 2.25. The number of halogens is 2. The molecule has 0 aliphatic heterocycles. The van der Waals surface area contributed by atoms with Crippen molar-refractivity contribution in [3.8, 4) is 0 Å². The second kappa shape index (κ2) is 5.89. The van der Waals surface area contributed by atoms with E-state index < -0.39 is 11.8 Å². The molecule has 0 radical (unpaired) electrons. The van der Waals surface area contributed by atoms with Gasteiger partial charge in [0, 0.05) is 17.4 Å². The van der Waals surface area contributed by atoms with Gasteiger partial charge in [0.1, 0.15) is 0 Å². The van der Waals surface area contributed by atoms with E-state index in [-0.39, 0.29) is 12.3 Å². The summed E-state index contributed by atoms with van der Waals surface area (Å²) in [6, 6.07) is 4.74. The second-order valence-corrected chi connectivity index (χ2v) is 4.52. The van der Waals surface area contributed by atoms with E-state index in [0.29, 0.717) is 15.7 Å². The number of amides is 2. The third-order valence-electron chi connectivity index (χ3n) is 2.18. The van der Waals surface area contributed by atoms with E-state index in [4.69, 9.17) is 28.9 Å². The maximum atomic E-state index is 11.6. The van der Waals surface area contributed by atoms with Crippen molar-refractivity contribution in [1.29, 1.82) is 0 Å². The minimum Gasteiger partial charge on any atom is -0.369 e. The first-order valence-electron chi connectivity index (χ1n) is 4.94. The number of nitrogens with one attached hydrogen (secondary N) is 1. The van der Waals surface area contributed by atoms with Crippen molar-refractivity contribution in [2.75, 3.05) is 5.32 Å². The Hall–Kier alpha value is -1.26. The number of hydrogen-bond donors (Lipinski definition) is 2. The average molecular weight is 275 g/mol. The van der Waals surface area contributed by atoms with Gasteiger partial charge in [0.2, 0.25) is 11.8 Å². The molecule has 1 atom stereocenters. The molecule has 3 N–H and O–H groups in total.